The molecule has 0 bridgehead atoms. The number of carboxylic acids is 1. The van der Waals surface area contributed by atoms with Crippen LogP contribution in [0.1, 0.15) is 0 Å². The molecule has 1 heterocycles. The molecule has 19 heavy (non-hydrogen) atoms. The summed E-state index contributed by atoms with van der Waals surface area (Å²) in [6, 6.07) is 3.64. The van der Waals surface area contributed by atoms with Gasteiger partial charge in [-0.3, -0.25) is 10.1 Å². The Bertz CT molecular complexity index is 522. The summed E-state index contributed by atoms with van der Waals surface area (Å²) in [6.45, 7) is 1.00. The van der Waals surface area contributed by atoms with E-state index in [0.717, 1.165) is 0 Å². The van der Waals surface area contributed by atoms with Crippen molar-refractivity contribution < 1.29 is 19.6 Å². The van der Waals surface area contributed by atoms with Gasteiger partial charge in [0.25, 0.3) is 5.69 Å². The van der Waals surface area contributed by atoms with Crippen LogP contribution in [0.25, 0.3) is 0 Å². The number of halogens is 1. The minimum Gasteiger partial charge on any atom is -0.480 e. The van der Waals surface area contributed by atoms with Gasteiger partial charge in [-0.2, -0.15) is 0 Å². The van der Waals surface area contributed by atoms with Crippen molar-refractivity contribution >= 4 is 39.9 Å². The van der Waals surface area contributed by atoms with Gasteiger partial charge < -0.3 is 14.7 Å². The van der Waals surface area contributed by atoms with Crippen LogP contribution in [0, 0.1) is 13.7 Å². The number of carbonyl (C=O) groups is 1. The summed E-state index contributed by atoms with van der Waals surface area (Å²) in [4.78, 5) is 23.1. The van der Waals surface area contributed by atoms with Crippen molar-refractivity contribution in [2.24, 2.45) is 0 Å². The Labute approximate surface area is 122 Å². The van der Waals surface area contributed by atoms with E-state index in [1.807, 2.05) is 22.6 Å². The van der Waals surface area contributed by atoms with Gasteiger partial charge in [0.2, 0.25) is 0 Å². The molecule has 8 heteroatoms. The first-order chi connectivity index (χ1) is 9.00. The summed E-state index contributed by atoms with van der Waals surface area (Å²) in [6.07, 6.45) is 0. The largest absolute Gasteiger partial charge is 0.480 e. The fourth-order valence-corrected chi connectivity index (χ4v) is 2.75. The second-order valence-corrected chi connectivity index (χ2v) is 5.18. The van der Waals surface area contributed by atoms with Crippen LogP contribution in [0.4, 0.5) is 11.4 Å². The number of hydrogen-bond donors (Lipinski definition) is 1. The fourth-order valence-electron chi connectivity index (χ4n) is 1.94. The predicted octanol–water partition coefficient (Wildman–Crippen LogP) is 1.49. The molecule has 102 valence electrons. The molecule has 1 N–H and O–H groups in total. The van der Waals surface area contributed by atoms with Crippen LogP contribution in [0.15, 0.2) is 18.2 Å². The standard InChI is InChI=1S/C11H11IN2O5/c12-8-5-7(14(17)18)1-2-9(8)13-3-4-19-6-10(13)11(15)16/h1-2,5,10H,3-4,6H2,(H,15,16). The molecule has 0 aromatic heterocycles. The summed E-state index contributed by atoms with van der Waals surface area (Å²) in [7, 11) is 0. The first kappa shape index (κ1) is 14.0. The summed E-state index contributed by atoms with van der Waals surface area (Å²) < 4.78 is 5.82. The van der Waals surface area contributed by atoms with E-state index in [2.05, 4.69) is 0 Å². The number of anilines is 1. The summed E-state index contributed by atoms with van der Waals surface area (Å²) in [5.41, 5.74) is 0.676. The van der Waals surface area contributed by atoms with E-state index < -0.39 is 16.9 Å². The van der Waals surface area contributed by atoms with Crippen LogP contribution in [0.5, 0.6) is 0 Å². The molecule has 1 atom stereocenters. The minimum atomic E-state index is -0.964. The monoisotopic (exact) mass is 378 g/mol. The van der Waals surface area contributed by atoms with Gasteiger partial charge in [-0.05, 0) is 28.7 Å². The van der Waals surface area contributed by atoms with E-state index >= 15 is 0 Å². The number of rotatable bonds is 3. The van der Waals surface area contributed by atoms with Crippen LogP contribution in [-0.2, 0) is 9.53 Å². The summed E-state index contributed by atoms with van der Waals surface area (Å²) in [5.74, 6) is -0.964. The number of non-ortho nitro benzene ring substituents is 1. The number of aliphatic carboxylic acids is 1. The molecule has 0 amide bonds. The lowest BCUT2D eigenvalue weighted by Gasteiger charge is -2.35. The number of nitro benzene ring substituents is 1. The average molecular weight is 378 g/mol. The highest BCUT2D eigenvalue weighted by atomic mass is 127. The maximum atomic E-state index is 11.2. The average Bonchev–Trinajstić information content (AvgIpc) is 2.38. The molecule has 1 aromatic carbocycles. The van der Waals surface area contributed by atoms with Gasteiger partial charge in [-0.25, -0.2) is 4.79 Å². The van der Waals surface area contributed by atoms with E-state index in [1.54, 1.807) is 11.0 Å². The Morgan fingerprint density at radius 1 is 1.58 bits per heavy atom. The lowest BCUT2D eigenvalue weighted by molar-refractivity contribution is -0.384. The van der Waals surface area contributed by atoms with Crippen molar-refractivity contribution in [3.05, 3.63) is 31.9 Å². The third-order valence-electron chi connectivity index (χ3n) is 2.87. The normalized spacial score (nSPS) is 19.2. The third-order valence-corrected chi connectivity index (χ3v) is 3.73. The van der Waals surface area contributed by atoms with Crippen LogP contribution in [0.2, 0.25) is 0 Å². The molecular weight excluding hydrogens is 367 g/mol. The van der Waals surface area contributed by atoms with Crippen LogP contribution >= 0.6 is 22.6 Å². The molecule has 1 aliphatic rings. The van der Waals surface area contributed by atoms with Gasteiger partial charge >= 0.3 is 5.97 Å². The highest BCUT2D eigenvalue weighted by molar-refractivity contribution is 14.1. The number of hydrogen-bond acceptors (Lipinski definition) is 5. The quantitative estimate of drug-likeness (QED) is 0.487. The topological polar surface area (TPSA) is 92.9 Å². The highest BCUT2D eigenvalue weighted by Gasteiger charge is 2.30. The maximum Gasteiger partial charge on any atom is 0.328 e. The van der Waals surface area contributed by atoms with Crippen LogP contribution < -0.4 is 4.90 Å². The lowest BCUT2D eigenvalue weighted by Crippen LogP contribution is -2.50. The summed E-state index contributed by atoms with van der Waals surface area (Å²) >= 11 is 1.98. The smallest absolute Gasteiger partial charge is 0.328 e. The Morgan fingerprint density at radius 2 is 2.32 bits per heavy atom. The molecule has 2 rings (SSSR count). The van der Waals surface area contributed by atoms with Crippen LogP contribution in [-0.4, -0.2) is 41.8 Å². The zero-order valence-corrected chi connectivity index (χ0v) is 11.9. The first-order valence-electron chi connectivity index (χ1n) is 5.52. The molecule has 0 aliphatic carbocycles. The number of nitrogens with zero attached hydrogens (tertiary/aromatic N) is 2. The number of carboxylic acid groups (broad SMARTS) is 1. The van der Waals surface area contributed by atoms with E-state index in [-0.39, 0.29) is 12.3 Å². The second kappa shape index (κ2) is 5.70. The zero-order chi connectivity index (χ0) is 14.0. The minimum absolute atomic E-state index is 0.00622. The number of nitro groups is 1. The van der Waals surface area contributed by atoms with Crippen LogP contribution in [0.3, 0.4) is 0 Å². The maximum absolute atomic E-state index is 11.2. The van der Waals surface area contributed by atoms with Crippen molar-refractivity contribution in [2.75, 3.05) is 24.7 Å². The zero-order valence-electron chi connectivity index (χ0n) is 9.78. The molecule has 1 aromatic rings. The van der Waals surface area contributed by atoms with Gasteiger partial charge in [0.05, 0.1) is 23.8 Å². The van der Waals surface area contributed by atoms with Crippen molar-refractivity contribution in [3.8, 4) is 0 Å². The van der Waals surface area contributed by atoms with E-state index in [1.165, 1.54) is 12.1 Å². The summed E-state index contributed by atoms with van der Waals surface area (Å²) in [5, 5.41) is 19.9. The van der Waals surface area contributed by atoms with Crippen molar-refractivity contribution in [1.82, 2.24) is 0 Å². The van der Waals surface area contributed by atoms with Gasteiger partial charge in [0, 0.05) is 22.2 Å². The first-order valence-corrected chi connectivity index (χ1v) is 6.59. The van der Waals surface area contributed by atoms with Gasteiger partial charge in [-0.1, -0.05) is 0 Å². The highest BCUT2D eigenvalue weighted by Crippen LogP contribution is 2.29. The molecular formula is C11H11IN2O5. The Balaban J connectivity index is 2.34. The molecule has 1 saturated heterocycles. The molecule has 0 saturated carbocycles. The van der Waals surface area contributed by atoms with E-state index in [0.29, 0.717) is 22.4 Å². The molecule has 1 unspecified atom stereocenters. The van der Waals surface area contributed by atoms with Crippen molar-refractivity contribution in [2.45, 2.75) is 6.04 Å². The Kier molecular flexibility index (Phi) is 4.20. The second-order valence-electron chi connectivity index (χ2n) is 4.02. The van der Waals surface area contributed by atoms with Gasteiger partial charge in [-0.15, -0.1) is 0 Å². The van der Waals surface area contributed by atoms with E-state index in [9.17, 15) is 20.0 Å². The molecule has 1 fully saturated rings. The van der Waals surface area contributed by atoms with Crippen molar-refractivity contribution in [3.63, 3.8) is 0 Å². The molecule has 0 spiro atoms. The Morgan fingerprint density at radius 3 is 2.89 bits per heavy atom. The number of ether oxygens (including phenoxy) is 1. The fraction of sp³-hybridized carbons (Fsp3) is 0.364. The number of morpholine rings is 1. The van der Waals surface area contributed by atoms with E-state index in [4.69, 9.17) is 4.74 Å². The molecule has 1 aliphatic heterocycles. The van der Waals surface area contributed by atoms with Gasteiger partial charge in [0.15, 0.2) is 6.04 Å². The third kappa shape index (κ3) is 2.95. The molecule has 0 radical (unpaired) electrons. The molecule has 7 nitrogen and oxygen atoms in total. The SMILES string of the molecule is O=C(O)C1COCCN1c1ccc([N+](=O)[O-])cc1I. The lowest BCUT2D eigenvalue weighted by atomic mass is 10.2. The van der Waals surface area contributed by atoms with Crippen molar-refractivity contribution in [1.29, 1.82) is 0 Å². The predicted molar refractivity (Wildman–Crippen MR) is 75.4 cm³/mol. The van der Waals surface area contributed by atoms with Gasteiger partial charge in [0.1, 0.15) is 0 Å². The Hall–Kier alpha value is -1.42. The number of benzene rings is 1.